The highest BCUT2D eigenvalue weighted by Gasteiger charge is 2.19. The van der Waals surface area contributed by atoms with E-state index in [1.807, 2.05) is 18.2 Å². The van der Waals surface area contributed by atoms with Gasteiger partial charge < -0.3 is 10.1 Å². The average Bonchev–Trinajstić information content (AvgIpc) is 2.44. The van der Waals surface area contributed by atoms with Crippen molar-refractivity contribution in [1.82, 2.24) is 9.97 Å². The lowest BCUT2D eigenvalue weighted by atomic mass is 9.95. The molecule has 0 saturated heterocycles. The molecular weight excluding hydrogens is 342 g/mol. The first-order valence-electron chi connectivity index (χ1n) is 7.24. The van der Waals surface area contributed by atoms with Crippen LogP contribution in [0, 0.1) is 0 Å². The van der Waals surface area contributed by atoms with Crippen LogP contribution in [0.25, 0.3) is 0 Å². The molecule has 0 saturated carbocycles. The lowest BCUT2D eigenvalue weighted by molar-refractivity contribution is 0.181. The maximum absolute atomic E-state index is 5.20. The van der Waals surface area contributed by atoms with Gasteiger partial charge in [0.15, 0.2) is 0 Å². The van der Waals surface area contributed by atoms with E-state index in [-0.39, 0.29) is 5.41 Å². The average molecular weight is 364 g/mol. The van der Waals surface area contributed by atoms with E-state index < -0.39 is 0 Å². The van der Waals surface area contributed by atoms with Crippen LogP contribution in [0.4, 0.5) is 5.82 Å². The number of anilines is 1. The van der Waals surface area contributed by atoms with Gasteiger partial charge in [-0.25, -0.2) is 9.97 Å². The minimum Gasteiger partial charge on any atom is -0.378 e. The van der Waals surface area contributed by atoms with Crippen molar-refractivity contribution in [3.05, 3.63) is 51.9 Å². The normalized spacial score (nSPS) is 11.5. The zero-order valence-electron chi connectivity index (χ0n) is 13.5. The fraction of sp³-hybridized carbons (Fsp3) is 0.412. The van der Waals surface area contributed by atoms with Gasteiger partial charge in [-0.15, -0.1) is 0 Å². The summed E-state index contributed by atoms with van der Waals surface area (Å²) in [5.41, 5.74) is 1.98. The summed E-state index contributed by atoms with van der Waals surface area (Å²) in [6.07, 6.45) is 0. The van der Waals surface area contributed by atoms with Gasteiger partial charge in [-0.1, -0.05) is 48.8 Å². The largest absolute Gasteiger partial charge is 0.378 e. The molecule has 1 aromatic carbocycles. The monoisotopic (exact) mass is 363 g/mol. The van der Waals surface area contributed by atoms with Crippen LogP contribution in [-0.2, 0) is 23.3 Å². The van der Waals surface area contributed by atoms with Crippen LogP contribution in [0.2, 0.25) is 0 Å². The van der Waals surface area contributed by atoms with E-state index in [0.29, 0.717) is 13.2 Å². The lowest BCUT2D eigenvalue weighted by Gasteiger charge is -2.19. The van der Waals surface area contributed by atoms with Gasteiger partial charge >= 0.3 is 0 Å². The van der Waals surface area contributed by atoms with Crippen molar-refractivity contribution < 1.29 is 4.74 Å². The van der Waals surface area contributed by atoms with Crippen LogP contribution in [0.1, 0.15) is 37.9 Å². The fourth-order valence-electron chi connectivity index (χ4n) is 1.98. The summed E-state index contributed by atoms with van der Waals surface area (Å²) in [4.78, 5) is 9.21. The molecule has 0 aliphatic carbocycles. The molecule has 1 aromatic heterocycles. The Hall–Kier alpha value is -1.46. The van der Waals surface area contributed by atoms with Crippen molar-refractivity contribution in [2.75, 3.05) is 12.4 Å². The number of hydrogen-bond donors (Lipinski definition) is 1. The second-order valence-electron chi connectivity index (χ2n) is 6.23. The van der Waals surface area contributed by atoms with Gasteiger partial charge in [0.1, 0.15) is 11.6 Å². The number of hydrogen-bond acceptors (Lipinski definition) is 4. The molecule has 2 aromatic rings. The molecule has 0 bridgehead atoms. The Balaban J connectivity index is 2.20. The molecule has 0 radical (unpaired) electrons. The third-order valence-electron chi connectivity index (χ3n) is 3.10. The number of nitrogens with one attached hydrogen (secondary N) is 1. The molecule has 0 amide bonds. The molecular formula is C17H22BrN3O. The Morgan fingerprint density at radius 1 is 1.18 bits per heavy atom. The molecule has 118 valence electrons. The predicted octanol–water partition coefficient (Wildman–Crippen LogP) is 4.30. The van der Waals surface area contributed by atoms with E-state index in [0.717, 1.165) is 21.8 Å². The van der Waals surface area contributed by atoms with Crippen molar-refractivity contribution in [3.8, 4) is 0 Å². The highest BCUT2D eigenvalue weighted by Crippen LogP contribution is 2.21. The molecule has 0 aliphatic heterocycles. The van der Waals surface area contributed by atoms with E-state index in [4.69, 9.17) is 4.74 Å². The SMILES string of the molecule is COCc1cc(NCc2cccc(Br)c2)nc(C(C)(C)C)n1. The van der Waals surface area contributed by atoms with E-state index in [1.54, 1.807) is 7.11 Å². The minimum atomic E-state index is -0.101. The van der Waals surface area contributed by atoms with E-state index in [2.05, 4.69) is 64.1 Å². The summed E-state index contributed by atoms with van der Waals surface area (Å²) in [7, 11) is 1.67. The number of ether oxygens (including phenoxy) is 1. The molecule has 1 heterocycles. The first-order valence-corrected chi connectivity index (χ1v) is 8.03. The van der Waals surface area contributed by atoms with Crippen LogP contribution in [-0.4, -0.2) is 17.1 Å². The molecule has 0 aliphatic rings. The minimum absolute atomic E-state index is 0.101. The number of aromatic nitrogens is 2. The smallest absolute Gasteiger partial charge is 0.136 e. The molecule has 0 atom stereocenters. The first-order chi connectivity index (χ1) is 10.4. The molecule has 4 nitrogen and oxygen atoms in total. The Kier molecular flexibility index (Phi) is 5.53. The van der Waals surface area contributed by atoms with Gasteiger partial charge in [-0.05, 0) is 17.7 Å². The van der Waals surface area contributed by atoms with E-state index in [1.165, 1.54) is 5.56 Å². The molecule has 22 heavy (non-hydrogen) atoms. The van der Waals surface area contributed by atoms with Gasteiger partial charge in [-0.2, -0.15) is 0 Å². The standard InChI is InChI=1S/C17H22BrN3O/c1-17(2,3)16-20-14(11-22-4)9-15(21-16)19-10-12-6-5-7-13(18)8-12/h5-9H,10-11H2,1-4H3,(H,19,20,21). The Morgan fingerprint density at radius 3 is 2.59 bits per heavy atom. The van der Waals surface area contributed by atoms with Crippen molar-refractivity contribution >= 4 is 21.7 Å². The summed E-state index contributed by atoms with van der Waals surface area (Å²) in [6, 6.07) is 10.2. The zero-order valence-corrected chi connectivity index (χ0v) is 15.1. The summed E-state index contributed by atoms with van der Waals surface area (Å²) >= 11 is 3.49. The van der Waals surface area contributed by atoms with Crippen LogP contribution in [0.5, 0.6) is 0 Å². The van der Waals surface area contributed by atoms with Crippen molar-refractivity contribution in [3.63, 3.8) is 0 Å². The Bertz CT molecular complexity index is 638. The van der Waals surface area contributed by atoms with Crippen LogP contribution in [0.3, 0.4) is 0 Å². The molecule has 5 heteroatoms. The highest BCUT2D eigenvalue weighted by atomic mass is 79.9. The van der Waals surface area contributed by atoms with Gasteiger partial charge in [0, 0.05) is 29.6 Å². The van der Waals surface area contributed by atoms with Gasteiger partial charge in [-0.3, -0.25) is 0 Å². The first kappa shape index (κ1) is 16.9. The lowest BCUT2D eigenvalue weighted by Crippen LogP contribution is -2.18. The molecule has 2 rings (SSSR count). The highest BCUT2D eigenvalue weighted by molar-refractivity contribution is 9.10. The number of rotatable bonds is 5. The molecule has 0 spiro atoms. The van der Waals surface area contributed by atoms with Crippen molar-refractivity contribution in [1.29, 1.82) is 0 Å². The number of methoxy groups -OCH3 is 1. The number of benzene rings is 1. The molecule has 0 unspecified atom stereocenters. The second kappa shape index (κ2) is 7.20. The van der Waals surface area contributed by atoms with Crippen LogP contribution in [0.15, 0.2) is 34.8 Å². The quantitative estimate of drug-likeness (QED) is 0.860. The summed E-state index contributed by atoms with van der Waals surface area (Å²) in [5, 5.41) is 3.37. The van der Waals surface area contributed by atoms with Crippen LogP contribution < -0.4 is 5.32 Å². The van der Waals surface area contributed by atoms with Crippen molar-refractivity contribution in [2.45, 2.75) is 39.3 Å². The maximum atomic E-state index is 5.20. The number of halogens is 1. The number of nitrogens with zero attached hydrogens (tertiary/aromatic N) is 2. The summed E-state index contributed by atoms with van der Waals surface area (Å²) in [5.74, 6) is 1.64. The van der Waals surface area contributed by atoms with Crippen molar-refractivity contribution in [2.24, 2.45) is 0 Å². The summed E-state index contributed by atoms with van der Waals surface area (Å²) in [6.45, 7) is 7.52. The Morgan fingerprint density at radius 2 is 1.95 bits per heavy atom. The third kappa shape index (κ3) is 4.78. The van der Waals surface area contributed by atoms with E-state index in [9.17, 15) is 0 Å². The molecule has 1 N–H and O–H groups in total. The predicted molar refractivity (Wildman–Crippen MR) is 92.9 cm³/mol. The fourth-order valence-corrected chi connectivity index (χ4v) is 2.43. The van der Waals surface area contributed by atoms with Gasteiger partial charge in [0.05, 0.1) is 12.3 Å². The van der Waals surface area contributed by atoms with Gasteiger partial charge in [0.25, 0.3) is 0 Å². The summed E-state index contributed by atoms with van der Waals surface area (Å²) < 4.78 is 6.28. The topological polar surface area (TPSA) is 47.0 Å². The van der Waals surface area contributed by atoms with Gasteiger partial charge in [0.2, 0.25) is 0 Å². The molecule has 0 fully saturated rings. The maximum Gasteiger partial charge on any atom is 0.136 e. The van der Waals surface area contributed by atoms with Crippen LogP contribution >= 0.6 is 15.9 Å². The second-order valence-corrected chi connectivity index (χ2v) is 7.15. The van der Waals surface area contributed by atoms with E-state index >= 15 is 0 Å². The zero-order chi connectivity index (χ0) is 16.2. The third-order valence-corrected chi connectivity index (χ3v) is 3.60. The Labute approximate surface area is 140 Å².